The maximum Gasteiger partial charge on any atom is 0.488 e. The van der Waals surface area contributed by atoms with Crippen molar-refractivity contribution >= 4 is 29.8 Å². The molecule has 0 aliphatic carbocycles. The monoisotopic (exact) mass is 444 g/mol. The number of pyridine rings is 1. The Hall–Kier alpha value is -3.96. The molecule has 3 aromatic heterocycles. The Labute approximate surface area is 189 Å². The van der Waals surface area contributed by atoms with Gasteiger partial charge in [0.2, 0.25) is 5.88 Å². The molecule has 5 rings (SSSR count). The summed E-state index contributed by atoms with van der Waals surface area (Å²) >= 11 is 0. The van der Waals surface area contributed by atoms with Crippen molar-refractivity contribution in [2.45, 2.75) is 19.4 Å². The van der Waals surface area contributed by atoms with Crippen LogP contribution in [0.2, 0.25) is 0 Å². The lowest BCUT2D eigenvalue weighted by atomic mass is 9.79. The summed E-state index contributed by atoms with van der Waals surface area (Å²) in [6.07, 6.45) is 3.14. The average molecular weight is 444 g/mol. The predicted molar refractivity (Wildman–Crippen MR) is 122 cm³/mol. The highest BCUT2D eigenvalue weighted by Crippen LogP contribution is 2.32. The Bertz CT molecular complexity index is 1360. The number of amides is 1. The second-order valence-electron chi connectivity index (χ2n) is 7.73. The third-order valence-corrected chi connectivity index (χ3v) is 5.52. The Kier molecular flexibility index (Phi) is 5.41. The summed E-state index contributed by atoms with van der Waals surface area (Å²) in [5, 5.41) is 22.2. The molecule has 0 saturated carbocycles. The first kappa shape index (κ1) is 20.9. The van der Waals surface area contributed by atoms with Crippen molar-refractivity contribution in [3.63, 3.8) is 0 Å². The number of anilines is 1. The molecule has 1 aliphatic rings. The van der Waals surface area contributed by atoms with Crippen molar-refractivity contribution in [1.82, 2.24) is 19.4 Å². The fourth-order valence-corrected chi connectivity index (χ4v) is 3.92. The number of hydrogen-bond donors (Lipinski definition) is 4. The molecule has 0 bridgehead atoms. The van der Waals surface area contributed by atoms with E-state index in [2.05, 4.69) is 15.3 Å². The van der Waals surface area contributed by atoms with Crippen LogP contribution in [0.1, 0.15) is 28.0 Å². The summed E-state index contributed by atoms with van der Waals surface area (Å²) in [4.78, 5) is 25.5. The molecule has 0 saturated heterocycles. The number of nitrogens with one attached hydrogen (secondary N) is 1. The zero-order chi connectivity index (χ0) is 22.9. The molecule has 11 heteroatoms. The number of fused-ring (bicyclic) bond motifs is 2. The summed E-state index contributed by atoms with van der Waals surface area (Å²) < 4.78 is 7.42. The zero-order valence-electron chi connectivity index (χ0n) is 17.6. The molecular formula is C22H21BN6O4. The lowest BCUT2D eigenvalue weighted by Gasteiger charge is -2.20. The minimum absolute atomic E-state index is 0.310. The van der Waals surface area contributed by atoms with Crippen LogP contribution in [-0.2, 0) is 13.0 Å². The number of rotatable bonds is 6. The highest BCUT2D eigenvalue weighted by Gasteiger charge is 2.22. The van der Waals surface area contributed by atoms with Crippen LogP contribution >= 0.6 is 0 Å². The van der Waals surface area contributed by atoms with Gasteiger partial charge in [-0.3, -0.25) is 9.20 Å². The van der Waals surface area contributed by atoms with Gasteiger partial charge in [0.15, 0.2) is 5.82 Å². The van der Waals surface area contributed by atoms with E-state index in [1.54, 1.807) is 34.7 Å². The first-order valence-electron chi connectivity index (χ1n) is 10.5. The van der Waals surface area contributed by atoms with E-state index in [-0.39, 0.29) is 0 Å². The maximum absolute atomic E-state index is 11.8. The third-order valence-electron chi connectivity index (χ3n) is 5.52. The summed E-state index contributed by atoms with van der Waals surface area (Å²) in [6.45, 7) is 0.980. The molecule has 33 heavy (non-hydrogen) atoms. The summed E-state index contributed by atoms with van der Waals surface area (Å²) in [6, 6.07) is 12.2. The highest BCUT2D eigenvalue weighted by molar-refractivity contribution is 6.58. The number of aromatic nitrogens is 4. The smallest absolute Gasteiger partial charge is 0.477 e. The Balaban J connectivity index is 1.54. The van der Waals surface area contributed by atoms with Gasteiger partial charge in [0.1, 0.15) is 23.5 Å². The lowest BCUT2D eigenvalue weighted by molar-refractivity contribution is 0.0994. The number of nitrogens with zero attached hydrogens (tertiary/aromatic N) is 4. The largest absolute Gasteiger partial charge is 0.488 e. The first-order valence-corrected chi connectivity index (χ1v) is 10.5. The van der Waals surface area contributed by atoms with Gasteiger partial charge in [0, 0.05) is 6.54 Å². The van der Waals surface area contributed by atoms with Crippen molar-refractivity contribution in [2.75, 3.05) is 11.9 Å². The molecule has 5 N–H and O–H groups in total. The number of imidazole rings is 1. The van der Waals surface area contributed by atoms with E-state index in [4.69, 9.17) is 15.5 Å². The topological polar surface area (TPSA) is 148 Å². The van der Waals surface area contributed by atoms with Crippen LogP contribution in [0.3, 0.4) is 0 Å². The van der Waals surface area contributed by atoms with Gasteiger partial charge in [-0.15, -0.1) is 0 Å². The lowest BCUT2D eigenvalue weighted by Crippen LogP contribution is -2.30. The fourth-order valence-electron chi connectivity index (χ4n) is 3.92. The molecule has 0 spiro atoms. The van der Waals surface area contributed by atoms with Crippen LogP contribution in [0, 0.1) is 0 Å². The van der Waals surface area contributed by atoms with E-state index in [1.165, 1.54) is 6.33 Å². The summed E-state index contributed by atoms with van der Waals surface area (Å²) in [5.74, 6) is 0.927. The highest BCUT2D eigenvalue weighted by atomic mass is 16.5. The predicted octanol–water partition coefficient (Wildman–Crippen LogP) is 0.507. The summed E-state index contributed by atoms with van der Waals surface area (Å²) in [7, 11) is -1.53. The van der Waals surface area contributed by atoms with Gasteiger partial charge in [-0.25, -0.2) is 9.97 Å². The van der Waals surface area contributed by atoms with E-state index in [0.717, 1.165) is 24.0 Å². The number of carbonyl (C=O) groups is 1. The molecule has 1 aliphatic heterocycles. The Morgan fingerprint density at radius 1 is 1.21 bits per heavy atom. The van der Waals surface area contributed by atoms with E-state index >= 15 is 0 Å². The van der Waals surface area contributed by atoms with Crippen molar-refractivity contribution in [3.05, 3.63) is 65.6 Å². The van der Waals surface area contributed by atoms with Crippen LogP contribution < -0.4 is 21.3 Å². The van der Waals surface area contributed by atoms with Crippen LogP contribution in [0.5, 0.6) is 5.88 Å². The third kappa shape index (κ3) is 3.99. The molecule has 4 heterocycles. The van der Waals surface area contributed by atoms with Crippen LogP contribution in [0.15, 0.2) is 48.8 Å². The van der Waals surface area contributed by atoms with Gasteiger partial charge in [-0.1, -0.05) is 30.3 Å². The molecule has 0 radical (unpaired) electrons. The van der Waals surface area contributed by atoms with Gasteiger partial charge >= 0.3 is 7.12 Å². The number of benzene rings is 1. The second kappa shape index (κ2) is 8.53. The average Bonchev–Trinajstić information content (AvgIpc) is 3.26. The number of carbonyl (C=O) groups excluding carboxylic acids is 1. The minimum Gasteiger partial charge on any atom is -0.477 e. The second-order valence-corrected chi connectivity index (χ2v) is 7.73. The van der Waals surface area contributed by atoms with Crippen LogP contribution in [-0.4, -0.2) is 49.0 Å². The molecule has 1 amide bonds. The van der Waals surface area contributed by atoms with E-state index < -0.39 is 13.0 Å². The van der Waals surface area contributed by atoms with E-state index in [9.17, 15) is 14.8 Å². The molecule has 10 nitrogen and oxygen atoms in total. The maximum atomic E-state index is 11.8. The molecule has 0 unspecified atom stereocenters. The number of ether oxygens (including phenoxy) is 1. The van der Waals surface area contributed by atoms with Crippen LogP contribution in [0.25, 0.3) is 17.0 Å². The first-order chi connectivity index (χ1) is 16.0. The normalized spacial score (nSPS) is 12.8. The van der Waals surface area contributed by atoms with Crippen molar-refractivity contribution in [2.24, 2.45) is 5.73 Å². The number of hydrogen-bond acceptors (Lipinski definition) is 8. The quantitative estimate of drug-likeness (QED) is 0.315. The van der Waals surface area contributed by atoms with Gasteiger partial charge in [0.25, 0.3) is 5.91 Å². The molecule has 1 aromatic carbocycles. The standard InChI is InChI=1S/C22H21BN6O4/c24-19(30)17-8-2-7-16-18(26-12-29(16)17)21-27-20(15-6-3-9-33-22(15)28-21)25-11-13-4-1-5-14(10-13)23(31)32/h1-2,4-5,7-8,10,12,31-32H,3,6,9,11H2,(H2,24,30)(H,25,27,28). The fraction of sp³-hybridized carbons (Fsp3) is 0.182. The minimum atomic E-state index is -1.53. The zero-order valence-corrected chi connectivity index (χ0v) is 17.6. The molecule has 4 aromatic rings. The van der Waals surface area contributed by atoms with Crippen molar-refractivity contribution < 1.29 is 19.6 Å². The Morgan fingerprint density at radius 3 is 2.88 bits per heavy atom. The van der Waals surface area contributed by atoms with Gasteiger partial charge in [-0.2, -0.15) is 4.98 Å². The SMILES string of the molecule is NC(=O)c1cccc2c(-c3nc(NCc4cccc(B(O)O)c4)c4c(n3)OCCC4)ncn12. The van der Waals surface area contributed by atoms with E-state index in [0.29, 0.717) is 53.0 Å². The number of nitrogens with two attached hydrogens (primary N) is 1. The molecule has 0 fully saturated rings. The summed E-state index contributed by atoms with van der Waals surface area (Å²) in [5.41, 5.74) is 9.11. The van der Waals surface area contributed by atoms with Gasteiger partial charge in [0.05, 0.1) is 17.7 Å². The Morgan fingerprint density at radius 2 is 2.06 bits per heavy atom. The van der Waals surface area contributed by atoms with Gasteiger partial charge in [-0.05, 0) is 36.0 Å². The van der Waals surface area contributed by atoms with E-state index in [1.807, 2.05) is 12.1 Å². The van der Waals surface area contributed by atoms with Crippen LogP contribution in [0.4, 0.5) is 5.82 Å². The molecule has 166 valence electrons. The molecule has 0 atom stereocenters. The molecular weight excluding hydrogens is 423 g/mol. The number of primary amides is 1. The van der Waals surface area contributed by atoms with Gasteiger partial charge < -0.3 is 25.8 Å². The van der Waals surface area contributed by atoms with Crippen molar-refractivity contribution in [1.29, 1.82) is 0 Å². The van der Waals surface area contributed by atoms with Crippen molar-refractivity contribution in [3.8, 4) is 17.4 Å².